The van der Waals surface area contributed by atoms with Crippen molar-refractivity contribution in [3.05, 3.63) is 55.0 Å². The Morgan fingerprint density at radius 1 is 1.21 bits per heavy atom. The number of nitrogens with one attached hydrogen (secondary N) is 1. The Morgan fingerprint density at radius 3 is 2.74 bits per heavy atom. The van der Waals surface area contributed by atoms with Crippen molar-refractivity contribution in [2.45, 2.75) is 0 Å². The van der Waals surface area contributed by atoms with E-state index in [1.54, 1.807) is 6.07 Å². The van der Waals surface area contributed by atoms with Crippen LogP contribution in [0.15, 0.2) is 40.9 Å². The van der Waals surface area contributed by atoms with Gasteiger partial charge in [-0.15, -0.1) is 0 Å². The Morgan fingerprint density at radius 2 is 2.00 bits per heavy atom. The number of fused-ring (bicyclic) bond motifs is 1. The van der Waals surface area contributed by atoms with E-state index < -0.39 is 0 Å². The number of hydrogen-bond acceptors (Lipinski definition) is 1. The maximum atomic E-state index is 13.2. The molecule has 0 saturated carbocycles. The van der Waals surface area contributed by atoms with Crippen molar-refractivity contribution in [2.75, 3.05) is 0 Å². The molecule has 0 radical (unpaired) electrons. The van der Waals surface area contributed by atoms with Crippen LogP contribution in [0.4, 0.5) is 4.39 Å². The molecule has 0 atom stereocenters. The van der Waals surface area contributed by atoms with E-state index in [1.807, 2.05) is 22.8 Å². The smallest absolute Gasteiger partial charge is 0.182 e. The summed E-state index contributed by atoms with van der Waals surface area (Å²) in [7, 11) is 0. The minimum absolute atomic E-state index is 0.248. The van der Waals surface area contributed by atoms with Crippen LogP contribution >= 0.6 is 50.7 Å². The Kier molecular flexibility index (Phi) is 3.48. The summed E-state index contributed by atoms with van der Waals surface area (Å²) in [6.45, 7) is 0. The summed E-state index contributed by atoms with van der Waals surface area (Å²) in [6.07, 6.45) is 0. The first-order chi connectivity index (χ1) is 9.06. The third-order valence-corrected chi connectivity index (χ3v) is 4.44. The Bertz CT molecular complexity index is 840. The lowest BCUT2D eigenvalue weighted by atomic mass is 10.3. The number of halogens is 3. The van der Waals surface area contributed by atoms with Gasteiger partial charge in [-0.05, 0) is 71.2 Å². The summed E-state index contributed by atoms with van der Waals surface area (Å²) in [5.41, 5.74) is 2.79. The molecule has 2 nitrogen and oxygen atoms in total. The summed E-state index contributed by atoms with van der Waals surface area (Å²) in [4.78, 5) is 3.16. The van der Waals surface area contributed by atoms with Crippen LogP contribution in [0.5, 0.6) is 0 Å². The maximum absolute atomic E-state index is 13.2. The zero-order valence-electron chi connectivity index (χ0n) is 9.45. The van der Waals surface area contributed by atoms with Crippen molar-refractivity contribution in [3.63, 3.8) is 0 Å². The van der Waals surface area contributed by atoms with E-state index in [9.17, 15) is 4.39 Å². The zero-order valence-corrected chi connectivity index (χ0v) is 14.0. The Balaban J connectivity index is 2.36. The number of hydrogen-bond donors (Lipinski definition) is 1. The molecule has 3 rings (SSSR count). The highest BCUT2D eigenvalue weighted by Gasteiger charge is 2.10. The lowest BCUT2D eigenvalue weighted by Crippen LogP contribution is -1.97. The summed E-state index contributed by atoms with van der Waals surface area (Å²) in [5.74, 6) is -0.248. The number of H-pyrrole nitrogens is 1. The molecule has 0 amide bonds. The van der Waals surface area contributed by atoms with Crippen molar-refractivity contribution in [2.24, 2.45) is 0 Å². The van der Waals surface area contributed by atoms with E-state index in [0.717, 1.165) is 24.8 Å². The number of aromatic nitrogens is 2. The van der Waals surface area contributed by atoms with Crippen molar-refractivity contribution in [1.29, 1.82) is 0 Å². The predicted molar refractivity (Wildman–Crippen MR) is 88.8 cm³/mol. The van der Waals surface area contributed by atoms with Gasteiger partial charge >= 0.3 is 0 Å². The van der Waals surface area contributed by atoms with Crippen LogP contribution in [0.25, 0.3) is 16.7 Å². The number of nitrogens with zero attached hydrogens (tertiary/aromatic N) is 1. The lowest BCUT2D eigenvalue weighted by molar-refractivity contribution is 0.626. The molecule has 0 aliphatic rings. The van der Waals surface area contributed by atoms with Crippen LogP contribution in [-0.4, -0.2) is 9.55 Å². The van der Waals surface area contributed by atoms with Crippen LogP contribution in [0.1, 0.15) is 0 Å². The van der Waals surface area contributed by atoms with Gasteiger partial charge in [0.25, 0.3) is 0 Å². The molecule has 0 unspecified atom stereocenters. The number of benzene rings is 2. The van der Waals surface area contributed by atoms with Crippen molar-refractivity contribution in [1.82, 2.24) is 9.55 Å². The normalized spacial score (nSPS) is 11.1. The van der Waals surface area contributed by atoms with Gasteiger partial charge in [0.05, 0.1) is 16.7 Å². The second kappa shape index (κ2) is 4.99. The fraction of sp³-hybridized carbons (Fsp3) is 0. The van der Waals surface area contributed by atoms with Crippen LogP contribution < -0.4 is 0 Å². The van der Waals surface area contributed by atoms with Gasteiger partial charge in [0, 0.05) is 8.04 Å². The molecular weight excluding hydrogens is 442 g/mol. The van der Waals surface area contributed by atoms with Crippen LogP contribution in [0.3, 0.4) is 0 Å². The first kappa shape index (κ1) is 13.3. The minimum Gasteiger partial charge on any atom is -0.330 e. The molecule has 96 valence electrons. The number of imidazole rings is 1. The number of aromatic amines is 1. The second-order valence-corrected chi connectivity index (χ2v) is 6.49. The molecule has 0 bridgehead atoms. The summed E-state index contributed by atoms with van der Waals surface area (Å²) in [6, 6.07) is 10.6. The van der Waals surface area contributed by atoms with Crippen molar-refractivity contribution in [3.8, 4) is 5.69 Å². The summed E-state index contributed by atoms with van der Waals surface area (Å²) >= 11 is 10.9. The van der Waals surface area contributed by atoms with E-state index in [1.165, 1.54) is 12.1 Å². The van der Waals surface area contributed by atoms with E-state index in [0.29, 0.717) is 4.77 Å². The molecular formula is C13H7BrFIN2S. The monoisotopic (exact) mass is 448 g/mol. The third kappa shape index (κ3) is 2.36. The van der Waals surface area contributed by atoms with Gasteiger partial charge in [0.2, 0.25) is 0 Å². The maximum Gasteiger partial charge on any atom is 0.182 e. The van der Waals surface area contributed by atoms with Gasteiger partial charge in [0.1, 0.15) is 5.82 Å². The topological polar surface area (TPSA) is 20.7 Å². The Hall–Kier alpha value is -0.730. The largest absolute Gasteiger partial charge is 0.330 e. The van der Waals surface area contributed by atoms with E-state index in [2.05, 4.69) is 43.5 Å². The summed E-state index contributed by atoms with van der Waals surface area (Å²) < 4.78 is 17.5. The molecule has 1 heterocycles. The fourth-order valence-corrected chi connectivity index (χ4v) is 3.37. The van der Waals surface area contributed by atoms with Gasteiger partial charge in [-0.2, -0.15) is 0 Å². The molecule has 0 aliphatic heterocycles. The highest BCUT2D eigenvalue weighted by Crippen LogP contribution is 2.26. The SMILES string of the molecule is Fc1ccc(-n2c(=S)[nH]c3cc(Br)ccc32)c(I)c1. The first-order valence-electron chi connectivity index (χ1n) is 5.42. The molecule has 0 spiro atoms. The molecule has 0 fully saturated rings. The van der Waals surface area contributed by atoms with Gasteiger partial charge in [-0.25, -0.2) is 4.39 Å². The van der Waals surface area contributed by atoms with E-state index >= 15 is 0 Å². The summed E-state index contributed by atoms with van der Waals surface area (Å²) in [5, 5.41) is 0. The van der Waals surface area contributed by atoms with Crippen LogP contribution in [0, 0.1) is 14.2 Å². The van der Waals surface area contributed by atoms with Gasteiger partial charge in [-0.3, -0.25) is 4.57 Å². The first-order valence-corrected chi connectivity index (χ1v) is 7.70. The van der Waals surface area contributed by atoms with E-state index in [-0.39, 0.29) is 5.82 Å². The quantitative estimate of drug-likeness (QED) is 0.401. The molecule has 6 heteroatoms. The standard InChI is InChI=1S/C13H7BrFIN2S/c14-7-1-3-12-10(5-7)17-13(19)18(12)11-4-2-8(15)6-9(11)16/h1-6H,(H,17,19). The fourth-order valence-electron chi connectivity index (χ4n) is 1.99. The average Bonchev–Trinajstić information content (AvgIpc) is 2.65. The molecule has 1 aromatic heterocycles. The average molecular weight is 449 g/mol. The minimum atomic E-state index is -0.248. The zero-order chi connectivity index (χ0) is 13.6. The van der Waals surface area contributed by atoms with Gasteiger partial charge < -0.3 is 4.98 Å². The number of rotatable bonds is 1. The van der Waals surface area contributed by atoms with E-state index in [4.69, 9.17) is 12.2 Å². The molecule has 1 N–H and O–H groups in total. The third-order valence-electron chi connectivity index (χ3n) is 2.79. The van der Waals surface area contributed by atoms with Crippen LogP contribution in [0.2, 0.25) is 0 Å². The molecule has 0 aliphatic carbocycles. The van der Waals surface area contributed by atoms with Gasteiger partial charge in [-0.1, -0.05) is 15.9 Å². The molecule has 2 aromatic carbocycles. The lowest BCUT2D eigenvalue weighted by Gasteiger charge is -2.07. The van der Waals surface area contributed by atoms with Crippen molar-refractivity contribution >= 4 is 61.8 Å². The highest BCUT2D eigenvalue weighted by molar-refractivity contribution is 14.1. The molecule has 3 aromatic rings. The highest BCUT2D eigenvalue weighted by atomic mass is 127. The van der Waals surface area contributed by atoms with Gasteiger partial charge in [0.15, 0.2) is 4.77 Å². The second-order valence-electron chi connectivity index (χ2n) is 4.02. The molecule has 0 saturated heterocycles. The molecule has 19 heavy (non-hydrogen) atoms. The Labute approximate surface area is 135 Å². The predicted octanol–water partition coefficient (Wildman–Crippen LogP) is 5.19. The van der Waals surface area contributed by atoms with Crippen LogP contribution in [-0.2, 0) is 0 Å². The van der Waals surface area contributed by atoms with Crippen molar-refractivity contribution < 1.29 is 4.39 Å².